The molecule has 0 bridgehead atoms. The van der Waals surface area contributed by atoms with Crippen molar-refractivity contribution in [1.82, 2.24) is 15.2 Å². The van der Waals surface area contributed by atoms with E-state index in [0.717, 1.165) is 5.56 Å². The number of hydrogen-bond donors (Lipinski definition) is 1. The number of oxazole rings is 1. The lowest BCUT2D eigenvalue weighted by Gasteiger charge is -2.35. The van der Waals surface area contributed by atoms with E-state index in [-0.39, 0.29) is 42.8 Å². The van der Waals surface area contributed by atoms with Gasteiger partial charge in [-0.15, -0.1) is 24.8 Å². The van der Waals surface area contributed by atoms with Crippen LogP contribution in [0.3, 0.4) is 0 Å². The first-order valence-electron chi connectivity index (χ1n) is 8.50. The number of piperazine rings is 1. The highest BCUT2D eigenvalue weighted by Crippen LogP contribution is 2.35. The molecule has 2 aliphatic rings. The molecule has 9 heteroatoms. The van der Waals surface area contributed by atoms with Gasteiger partial charge in [-0.2, -0.15) is 0 Å². The normalized spacial score (nSPS) is 21.0. The smallest absolute Gasteiger partial charge is 0.276 e. The number of fused-ring (bicyclic) bond motifs is 1. The Kier molecular flexibility index (Phi) is 6.97. The molecule has 0 aliphatic carbocycles. The molecule has 0 spiro atoms. The van der Waals surface area contributed by atoms with Gasteiger partial charge in [0.15, 0.2) is 29.3 Å². The van der Waals surface area contributed by atoms with E-state index in [0.29, 0.717) is 49.3 Å². The van der Waals surface area contributed by atoms with E-state index in [9.17, 15) is 4.79 Å². The predicted molar refractivity (Wildman–Crippen MR) is 105 cm³/mol. The summed E-state index contributed by atoms with van der Waals surface area (Å²) in [6.45, 7) is 6.49. The lowest BCUT2D eigenvalue weighted by atomic mass is 10.1. The molecule has 2 aliphatic heterocycles. The highest BCUT2D eigenvalue weighted by molar-refractivity contribution is 5.97. The molecule has 1 aromatic heterocycles. The fourth-order valence-electron chi connectivity index (χ4n) is 3.43. The standard InChI is InChI=1S/C18H21N3O4.2ClH/c1-11-8-21(9-12(2)20-11)18(22)16-17(25-10-19-16)13-3-4-14-15(7-13)24-6-5-23-14;;/h3-4,7,10-12,20H,5-6,8-9H2,1-2H3;2*1H. The fraction of sp³-hybridized carbons (Fsp3) is 0.444. The van der Waals surface area contributed by atoms with E-state index < -0.39 is 0 Å². The van der Waals surface area contributed by atoms with E-state index >= 15 is 0 Å². The average molecular weight is 416 g/mol. The van der Waals surface area contributed by atoms with Crippen LogP contribution in [0.25, 0.3) is 11.3 Å². The minimum Gasteiger partial charge on any atom is -0.486 e. The van der Waals surface area contributed by atoms with Crippen molar-refractivity contribution in [2.45, 2.75) is 25.9 Å². The zero-order chi connectivity index (χ0) is 17.4. The van der Waals surface area contributed by atoms with E-state index in [1.807, 2.05) is 23.1 Å². The summed E-state index contributed by atoms with van der Waals surface area (Å²) in [5.41, 5.74) is 1.08. The van der Waals surface area contributed by atoms with Crippen molar-refractivity contribution in [2.24, 2.45) is 0 Å². The Balaban J connectivity index is 0.00000131. The number of ether oxygens (including phenoxy) is 2. The summed E-state index contributed by atoms with van der Waals surface area (Å²) in [7, 11) is 0. The van der Waals surface area contributed by atoms with Crippen molar-refractivity contribution in [3.8, 4) is 22.8 Å². The Morgan fingerprint density at radius 1 is 1.11 bits per heavy atom. The highest BCUT2D eigenvalue weighted by atomic mass is 35.5. The van der Waals surface area contributed by atoms with Crippen molar-refractivity contribution >= 4 is 30.7 Å². The molecule has 2 atom stereocenters. The third kappa shape index (κ3) is 4.31. The minimum absolute atomic E-state index is 0. The predicted octanol–water partition coefficient (Wildman–Crippen LogP) is 2.78. The molecule has 27 heavy (non-hydrogen) atoms. The van der Waals surface area contributed by atoms with Crippen LogP contribution in [0.2, 0.25) is 0 Å². The number of carbonyl (C=O) groups excluding carboxylic acids is 1. The number of nitrogens with zero attached hydrogens (tertiary/aromatic N) is 2. The summed E-state index contributed by atoms with van der Waals surface area (Å²) >= 11 is 0. The Morgan fingerprint density at radius 3 is 2.48 bits per heavy atom. The summed E-state index contributed by atoms with van der Waals surface area (Å²) in [5, 5.41) is 3.42. The molecule has 0 radical (unpaired) electrons. The number of rotatable bonds is 2. The molecule has 4 rings (SSSR count). The van der Waals surface area contributed by atoms with E-state index in [2.05, 4.69) is 24.1 Å². The Hall–Kier alpha value is -1.96. The lowest BCUT2D eigenvalue weighted by Crippen LogP contribution is -2.55. The van der Waals surface area contributed by atoms with Gasteiger partial charge in [0.05, 0.1) is 0 Å². The first kappa shape index (κ1) is 21.3. The van der Waals surface area contributed by atoms with E-state index in [1.165, 1.54) is 6.39 Å². The van der Waals surface area contributed by atoms with Gasteiger partial charge in [0, 0.05) is 30.7 Å². The first-order chi connectivity index (χ1) is 12.1. The van der Waals surface area contributed by atoms with Crippen molar-refractivity contribution in [1.29, 1.82) is 0 Å². The van der Waals surface area contributed by atoms with Crippen molar-refractivity contribution < 1.29 is 18.7 Å². The van der Waals surface area contributed by atoms with Crippen LogP contribution in [0.5, 0.6) is 11.5 Å². The van der Waals surface area contributed by atoms with E-state index in [1.54, 1.807) is 0 Å². The molecule has 148 valence electrons. The monoisotopic (exact) mass is 415 g/mol. The van der Waals surface area contributed by atoms with Crippen LogP contribution in [-0.4, -0.2) is 54.2 Å². The van der Waals surface area contributed by atoms with Gasteiger partial charge in [0.1, 0.15) is 13.2 Å². The van der Waals surface area contributed by atoms with Crippen LogP contribution < -0.4 is 14.8 Å². The van der Waals surface area contributed by atoms with Crippen molar-refractivity contribution in [2.75, 3.05) is 26.3 Å². The Morgan fingerprint density at radius 2 is 1.78 bits per heavy atom. The molecule has 0 saturated carbocycles. The number of benzene rings is 1. The quantitative estimate of drug-likeness (QED) is 0.812. The Labute approximate surface area is 170 Å². The van der Waals surface area contributed by atoms with Crippen molar-refractivity contribution in [3.63, 3.8) is 0 Å². The third-order valence-corrected chi connectivity index (χ3v) is 4.42. The maximum absolute atomic E-state index is 13.0. The number of carbonyl (C=O) groups is 1. The van der Waals surface area contributed by atoms with Gasteiger partial charge in [0.25, 0.3) is 5.91 Å². The molecule has 1 amide bonds. The second-order valence-corrected chi connectivity index (χ2v) is 6.57. The van der Waals surface area contributed by atoms with Gasteiger partial charge in [-0.05, 0) is 32.0 Å². The van der Waals surface area contributed by atoms with Crippen LogP contribution in [0.1, 0.15) is 24.3 Å². The summed E-state index contributed by atoms with van der Waals surface area (Å²) in [6, 6.07) is 6.01. The molecule has 3 heterocycles. The van der Waals surface area contributed by atoms with Crippen LogP contribution in [0.15, 0.2) is 29.0 Å². The maximum atomic E-state index is 13.0. The van der Waals surface area contributed by atoms with Gasteiger partial charge < -0.3 is 24.1 Å². The lowest BCUT2D eigenvalue weighted by molar-refractivity contribution is 0.0669. The SMILES string of the molecule is CC1CN(C(=O)c2ncoc2-c2ccc3c(c2)OCCO3)CC(C)N1.Cl.Cl. The summed E-state index contributed by atoms with van der Waals surface area (Å²) in [5.74, 6) is 1.70. The van der Waals surface area contributed by atoms with Gasteiger partial charge in [-0.3, -0.25) is 4.79 Å². The zero-order valence-corrected chi connectivity index (χ0v) is 16.8. The third-order valence-electron chi connectivity index (χ3n) is 4.42. The number of aromatic nitrogens is 1. The molecular formula is C18H23Cl2N3O4. The molecule has 1 fully saturated rings. The van der Waals surface area contributed by atoms with Crippen LogP contribution in [-0.2, 0) is 0 Å². The molecule has 7 nitrogen and oxygen atoms in total. The summed E-state index contributed by atoms with van der Waals surface area (Å²) in [4.78, 5) is 19.0. The molecule has 2 aromatic rings. The number of amides is 1. The largest absolute Gasteiger partial charge is 0.486 e. The van der Waals surface area contributed by atoms with Gasteiger partial charge in [-0.25, -0.2) is 4.98 Å². The highest BCUT2D eigenvalue weighted by Gasteiger charge is 2.29. The van der Waals surface area contributed by atoms with Crippen LogP contribution in [0, 0.1) is 0 Å². The molecule has 1 aromatic carbocycles. The second-order valence-electron chi connectivity index (χ2n) is 6.57. The summed E-state index contributed by atoms with van der Waals surface area (Å²) < 4.78 is 16.7. The van der Waals surface area contributed by atoms with E-state index in [4.69, 9.17) is 13.9 Å². The topological polar surface area (TPSA) is 76.8 Å². The van der Waals surface area contributed by atoms with Crippen molar-refractivity contribution in [3.05, 3.63) is 30.3 Å². The second kappa shape index (κ2) is 8.82. The first-order valence-corrected chi connectivity index (χ1v) is 8.50. The fourth-order valence-corrected chi connectivity index (χ4v) is 3.43. The Bertz CT molecular complexity index is 789. The number of hydrogen-bond acceptors (Lipinski definition) is 6. The van der Waals surface area contributed by atoms with Gasteiger partial charge >= 0.3 is 0 Å². The molecule has 2 unspecified atom stereocenters. The maximum Gasteiger partial charge on any atom is 0.276 e. The van der Waals surface area contributed by atoms with Crippen LogP contribution >= 0.6 is 24.8 Å². The average Bonchev–Trinajstić information content (AvgIpc) is 3.09. The number of nitrogens with one attached hydrogen (secondary N) is 1. The summed E-state index contributed by atoms with van der Waals surface area (Å²) in [6.07, 6.45) is 1.31. The molecule has 1 N–H and O–H groups in total. The van der Waals surface area contributed by atoms with Crippen LogP contribution in [0.4, 0.5) is 0 Å². The molecular weight excluding hydrogens is 393 g/mol. The number of halogens is 2. The van der Waals surface area contributed by atoms with Gasteiger partial charge in [0.2, 0.25) is 0 Å². The molecule has 1 saturated heterocycles. The zero-order valence-electron chi connectivity index (χ0n) is 15.1. The minimum atomic E-state index is -0.112. The van der Waals surface area contributed by atoms with Gasteiger partial charge in [-0.1, -0.05) is 0 Å².